The molecule has 1 fully saturated rings. The summed E-state index contributed by atoms with van der Waals surface area (Å²) in [5.41, 5.74) is 8.54. The molecule has 3 aliphatic rings. The van der Waals surface area contributed by atoms with Crippen LogP contribution >= 0.6 is 0 Å². The maximum absolute atomic E-state index is 12.6. The summed E-state index contributed by atoms with van der Waals surface area (Å²) in [6.07, 6.45) is 7.43. The van der Waals surface area contributed by atoms with Crippen LogP contribution in [0.15, 0.2) is 23.0 Å². The van der Waals surface area contributed by atoms with E-state index in [-0.39, 0.29) is 11.7 Å². The van der Waals surface area contributed by atoms with Gasteiger partial charge in [0.2, 0.25) is 0 Å². The summed E-state index contributed by atoms with van der Waals surface area (Å²) in [7, 11) is -3.40. The van der Waals surface area contributed by atoms with Gasteiger partial charge in [0.1, 0.15) is 0 Å². The van der Waals surface area contributed by atoms with Gasteiger partial charge in [0.05, 0.1) is 18.1 Å². The molecular formula is C23H28N2O4S. The van der Waals surface area contributed by atoms with Crippen molar-refractivity contribution in [2.45, 2.75) is 57.6 Å². The second-order valence-corrected chi connectivity index (χ2v) is 10.5. The minimum Gasteiger partial charge on any atom is -0.321 e. The third kappa shape index (κ3) is 3.74. The number of H-pyrrole nitrogens is 1. The van der Waals surface area contributed by atoms with Gasteiger partial charge >= 0.3 is 0 Å². The van der Waals surface area contributed by atoms with Crippen molar-refractivity contribution < 1.29 is 12.6 Å². The molecule has 1 saturated heterocycles. The number of hydrogen-bond donors (Lipinski definition) is 1. The van der Waals surface area contributed by atoms with E-state index in [9.17, 15) is 13.2 Å². The number of piperidine rings is 1. The number of rotatable bonds is 4. The molecule has 0 radical (unpaired) electrons. The standard InChI is InChI=1S/C23H28N2O4S/c1-30(27,28)29-16-9-11-25(12-10-16)14-15-5-4-8-18-20(15)13-21-17-6-2-3-7-19(17)23(26)24-22(18)21/h4-5,8,16H,2-3,6-7,9-14H2,1H3,(H,24,26). The fraction of sp³-hybridized carbons (Fsp3) is 0.522. The first-order chi connectivity index (χ1) is 14.4. The lowest BCUT2D eigenvalue weighted by Gasteiger charge is -2.31. The largest absolute Gasteiger partial charge is 0.321 e. The molecular weight excluding hydrogens is 400 g/mol. The number of aromatic amines is 1. The Morgan fingerprint density at radius 3 is 2.53 bits per heavy atom. The van der Waals surface area contributed by atoms with Gasteiger partial charge in [-0.15, -0.1) is 0 Å². The highest BCUT2D eigenvalue weighted by Gasteiger charge is 2.29. The monoisotopic (exact) mass is 428 g/mol. The Labute approximate surface area is 177 Å². The molecule has 6 nitrogen and oxygen atoms in total. The number of pyridine rings is 1. The average Bonchev–Trinajstić information content (AvgIpc) is 3.09. The summed E-state index contributed by atoms with van der Waals surface area (Å²) in [6.45, 7) is 2.49. The molecule has 1 aliphatic heterocycles. The van der Waals surface area contributed by atoms with Gasteiger partial charge in [-0.1, -0.05) is 18.2 Å². The molecule has 0 unspecified atom stereocenters. The third-order valence-electron chi connectivity index (χ3n) is 6.78. The number of aromatic nitrogens is 1. The highest BCUT2D eigenvalue weighted by molar-refractivity contribution is 7.86. The average molecular weight is 429 g/mol. The summed E-state index contributed by atoms with van der Waals surface area (Å²) in [5, 5.41) is 0. The maximum atomic E-state index is 12.6. The normalized spacial score (nSPS) is 19.4. The van der Waals surface area contributed by atoms with Crippen molar-refractivity contribution in [1.29, 1.82) is 0 Å². The van der Waals surface area contributed by atoms with Crippen LogP contribution in [0.5, 0.6) is 0 Å². The van der Waals surface area contributed by atoms with Crippen molar-refractivity contribution >= 4 is 10.1 Å². The fourth-order valence-electron chi connectivity index (χ4n) is 5.38. The topological polar surface area (TPSA) is 79.5 Å². The Kier molecular flexibility index (Phi) is 5.08. The van der Waals surface area contributed by atoms with E-state index >= 15 is 0 Å². The van der Waals surface area contributed by atoms with Gasteiger partial charge in [-0.2, -0.15) is 8.42 Å². The smallest absolute Gasteiger partial charge is 0.264 e. The van der Waals surface area contributed by atoms with Gasteiger partial charge in [0.25, 0.3) is 15.7 Å². The second kappa shape index (κ2) is 7.62. The maximum Gasteiger partial charge on any atom is 0.264 e. The van der Waals surface area contributed by atoms with Crippen LogP contribution in [-0.2, 0) is 40.1 Å². The summed E-state index contributed by atoms with van der Waals surface area (Å²) in [4.78, 5) is 18.2. The van der Waals surface area contributed by atoms with E-state index in [2.05, 4.69) is 28.1 Å². The van der Waals surface area contributed by atoms with Crippen molar-refractivity contribution in [2.75, 3.05) is 19.3 Å². The predicted octanol–water partition coefficient (Wildman–Crippen LogP) is 2.77. The van der Waals surface area contributed by atoms with Crippen LogP contribution < -0.4 is 5.56 Å². The molecule has 2 heterocycles. The minimum atomic E-state index is -3.40. The van der Waals surface area contributed by atoms with E-state index in [1.54, 1.807) is 0 Å². The number of benzene rings is 1. The Morgan fingerprint density at radius 1 is 1.07 bits per heavy atom. The molecule has 7 heteroatoms. The van der Waals surface area contributed by atoms with E-state index in [0.29, 0.717) is 0 Å². The summed E-state index contributed by atoms with van der Waals surface area (Å²) < 4.78 is 27.9. The lowest BCUT2D eigenvalue weighted by molar-refractivity contribution is 0.102. The van der Waals surface area contributed by atoms with E-state index < -0.39 is 10.1 Å². The number of nitrogens with one attached hydrogen (secondary N) is 1. The molecule has 0 saturated carbocycles. The van der Waals surface area contributed by atoms with Gasteiger partial charge in [0, 0.05) is 37.2 Å². The first kappa shape index (κ1) is 20.0. The van der Waals surface area contributed by atoms with Crippen LogP contribution in [0.4, 0.5) is 0 Å². The second-order valence-electron chi connectivity index (χ2n) is 8.87. The van der Waals surface area contributed by atoms with E-state index in [1.165, 1.54) is 27.8 Å². The molecule has 1 aromatic heterocycles. The van der Waals surface area contributed by atoms with Crippen molar-refractivity contribution in [2.24, 2.45) is 0 Å². The van der Waals surface area contributed by atoms with Crippen molar-refractivity contribution in [3.05, 3.63) is 56.4 Å². The predicted molar refractivity (Wildman–Crippen MR) is 116 cm³/mol. The quantitative estimate of drug-likeness (QED) is 0.647. The van der Waals surface area contributed by atoms with Crippen LogP contribution in [0.3, 0.4) is 0 Å². The van der Waals surface area contributed by atoms with Crippen molar-refractivity contribution in [1.82, 2.24) is 9.88 Å². The number of fused-ring (bicyclic) bond motifs is 5. The minimum absolute atomic E-state index is 0.0923. The molecule has 1 N–H and O–H groups in total. The van der Waals surface area contributed by atoms with E-state index in [1.807, 2.05) is 0 Å². The molecule has 5 rings (SSSR count). The number of likely N-dealkylation sites (tertiary alicyclic amines) is 1. The van der Waals surface area contributed by atoms with E-state index in [4.69, 9.17) is 4.18 Å². The van der Waals surface area contributed by atoms with Gasteiger partial charge in [-0.25, -0.2) is 0 Å². The van der Waals surface area contributed by atoms with Crippen molar-refractivity contribution in [3.63, 3.8) is 0 Å². The summed E-state index contributed by atoms with van der Waals surface area (Å²) >= 11 is 0. The van der Waals surface area contributed by atoms with Gasteiger partial charge < -0.3 is 4.98 Å². The van der Waals surface area contributed by atoms with Crippen LogP contribution in [0, 0.1) is 0 Å². The molecule has 2 aromatic rings. The van der Waals surface area contributed by atoms with Gasteiger partial charge in [-0.05, 0) is 60.8 Å². The van der Waals surface area contributed by atoms with Crippen molar-refractivity contribution in [3.8, 4) is 11.3 Å². The number of hydrogen-bond acceptors (Lipinski definition) is 5. The first-order valence-electron chi connectivity index (χ1n) is 10.9. The molecule has 0 bridgehead atoms. The van der Waals surface area contributed by atoms with Gasteiger partial charge in [-0.3, -0.25) is 13.9 Å². The molecule has 0 amide bonds. The summed E-state index contributed by atoms with van der Waals surface area (Å²) in [6, 6.07) is 6.40. The Hall–Kier alpha value is -1.96. The fourth-order valence-corrected chi connectivity index (χ4v) is 6.07. The zero-order valence-electron chi connectivity index (χ0n) is 17.4. The third-order valence-corrected chi connectivity index (χ3v) is 7.40. The zero-order chi connectivity index (χ0) is 20.9. The highest BCUT2D eigenvalue weighted by Crippen LogP contribution is 2.40. The molecule has 30 heavy (non-hydrogen) atoms. The lowest BCUT2D eigenvalue weighted by atomic mass is 9.88. The van der Waals surface area contributed by atoms with Crippen LogP contribution in [0.25, 0.3) is 11.3 Å². The Balaban J connectivity index is 1.37. The van der Waals surface area contributed by atoms with Crippen LogP contribution in [0.1, 0.15) is 53.5 Å². The molecule has 160 valence electrons. The molecule has 2 aliphatic carbocycles. The molecule has 0 atom stereocenters. The lowest BCUT2D eigenvalue weighted by Crippen LogP contribution is -2.37. The van der Waals surface area contributed by atoms with Gasteiger partial charge in [0.15, 0.2) is 0 Å². The Morgan fingerprint density at radius 2 is 1.80 bits per heavy atom. The SMILES string of the molecule is CS(=O)(=O)OC1CCN(Cc2cccc3c2Cc2c-3[nH]c(=O)c3c2CCCC3)CC1. The zero-order valence-corrected chi connectivity index (χ0v) is 18.2. The highest BCUT2D eigenvalue weighted by atomic mass is 32.2. The van der Waals surface area contributed by atoms with E-state index in [0.717, 1.165) is 82.1 Å². The molecule has 1 aromatic carbocycles. The summed E-state index contributed by atoms with van der Waals surface area (Å²) in [5.74, 6) is 0. The van der Waals surface area contributed by atoms with Crippen LogP contribution in [-0.4, -0.2) is 43.8 Å². The van der Waals surface area contributed by atoms with Crippen LogP contribution in [0.2, 0.25) is 0 Å². The first-order valence-corrected chi connectivity index (χ1v) is 12.7. The molecule has 0 spiro atoms. The Bertz CT molecular complexity index is 1140. The number of nitrogens with zero attached hydrogens (tertiary/aromatic N) is 1.